The molecule has 1 unspecified atom stereocenters. The van der Waals surface area contributed by atoms with Gasteiger partial charge in [-0.15, -0.1) is 0 Å². The Balaban J connectivity index is 1.95. The summed E-state index contributed by atoms with van der Waals surface area (Å²) in [6.07, 6.45) is 2.49. The van der Waals surface area contributed by atoms with Crippen LogP contribution in [-0.4, -0.2) is 38.9 Å². The van der Waals surface area contributed by atoms with E-state index in [1.807, 2.05) is 36.9 Å². The normalized spacial score (nSPS) is 22.1. The summed E-state index contributed by atoms with van der Waals surface area (Å²) < 4.78 is 0. The Bertz CT molecular complexity index is 631. The number of nitrogens with zero attached hydrogens (tertiary/aromatic N) is 2. The van der Waals surface area contributed by atoms with Crippen molar-refractivity contribution in [1.29, 1.82) is 0 Å². The third-order valence-corrected chi connectivity index (χ3v) is 4.18. The monoisotopic (exact) mass is 258 g/mol. The number of benzene rings is 1. The van der Waals surface area contributed by atoms with Crippen molar-refractivity contribution in [1.82, 2.24) is 14.9 Å². The number of H-pyrrole nitrogens is 1. The third-order valence-electron chi connectivity index (χ3n) is 4.18. The van der Waals surface area contributed by atoms with Gasteiger partial charge in [0.1, 0.15) is 0 Å². The number of hydrogen-bond donors (Lipinski definition) is 2. The number of hydrogen-bond acceptors (Lipinski definition) is 3. The van der Waals surface area contributed by atoms with Gasteiger partial charge in [0.15, 0.2) is 0 Å². The molecular formula is C14H18N4O. The van der Waals surface area contributed by atoms with Gasteiger partial charge in [-0.1, -0.05) is 0 Å². The van der Waals surface area contributed by atoms with Crippen LogP contribution in [0.5, 0.6) is 0 Å². The van der Waals surface area contributed by atoms with Crippen molar-refractivity contribution in [2.24, 2.45) is 5.73 Å². The molecule has 1 atom stereocenters. The number of carbonyl (C=O) groups excluding carboxylic acids is 1. The van der Waals surface area contributed by atoms with Gasteiger partial charge in [-0.3, -0.25) is 4.79 Å². The number of likely N-dealkylation sites (tertiary alicyclic amines) is 1. The standard InChI is InChI=1S/C14H18N4O/c1-14(2)12(15)5-6-18(14)13(19)9-3-4-10-11(7-9)17-8-16-10/h3-4,7-8,12H,5-6,15H2,1-2H3,(H,16,17). The minimum absolute atomic E-state index is 0.0346. The molecule has 2 aromatic rings. The Morgan fingerprint density at radius 2 is 2.32 bits per heavy atom. The average Bonchev–Trinajstić information content (AvgIpc) is 2.94. The highest BCUT2D eigenvalue weighted by Crippen LogP contribution is 2.29. The zero-order chi connectivity index (χ0) is 13.6. The van der Waals surface area contributed by atoms with Gasteiger partial charge in [0.25, 0.3) is 5.91 Å². The zero-order valence-electron chi connectivity index (χ0n) is 11.2. The second-order valence-corrected chi connectivity index (χ2v) is 5.64. The van der Waals surface area contributed by atoms with Crippen molar-refractivity contribution in [3.63, 3.8) is 0 Å². The molecule has 0 spiro atoms. The van der Waals surface area contributed by atoms with Crippen molar-refractivity contribution in [2.45, 2.75) is 31.8 Å². The molecule has 1 aliphatic rings. The van der Waals surface area contributed by atoms with E-state index in [9.17, 15) is 4.79 Å². The molecule has 2 heterocycles. The van der Waals surface area contributed by atoms with E-state index in [1.54, 1.807) is 6.33 Å². The van der Waals surface area contributed by atoms with E-state index in [2.05, 4.69) is 9.97 Å². The van der Waals surface area contributed by atoms with E-state index in [-0.39, 0.29) is 17.5 Å². The highest BCUT2D eigenvalue weighted by molar-refractivity contribution is 5.98. The molecule has 100 valence electrons. The maximum atomic E-state index is 12.6. The van der Waals surface area contributed by atoms with Gasteiger partial charge in [0.05, 0.1) is 22.9 Å². The maximum Gasteiger partial charge on any atom is 0.254 e. The van der Waals surface area contributed by atoms with E-state index < -0.39 is 0 Å². The van der Waals surface area contributed by atoms with Crippen LogP contribution >= 0.6 is 0 Å². The number of nitrogens with two attached hydrogens (primary N) is 1. The van der Waals surface area contributed by atoms with Gasteiger partial charge in [-0.05, 0) is 38.5 Å². The molecule has 1 amide bonds. The van der Waals surface area contributed by atoms with E-state index in [1.165, 1.54) is 0 Å². The molecule has 1 aliphatic heterocycles. The van der Waals surface area contributed by atoms with Crippen LogP contribution in [0.25, 0.3) is 11.0 Å². The maximum absolute atomic E-state index is 12.6. The van der Waals surface area contributed by atoms with Crippen molar-refractivity contribution in [3.05, 3.63) is 30.1 Å². The van der Waals surface area contributed by atoms with Gasteiger partial charge in [0.2, 0.25) is 0 Å². The predicted octanol–water partition coefficient (Wildman–Crippen LogP) is 1.51. The average molecular weight is 258 g/mol. The molecule has 1 saturated heterocycles. The van der Waals surface area contributed by atoms with Gasteiger partial charge < -0.3 is 15.6 Å². The molecule has 5 nitrogen and oxygen atoms in total. The summed E-state index contributed by atoms with van der Waals surface area (Å²) in [4.78, 5) is 21.7. The number of nitrogens with one attached hydrogen (secondary N) is 1. The molecule has 0 radical (unpaired) electrons. The molecule has 1 aromatic carbocycles. The molecule has 19 heavy (non-hydrogen) atoms. The predicted molar refractivity (Wildman–Crippen MR) is 73.8 cm³/mol. The Labute approximate surface area is 111 Å². The van der Waals surface area contributed by atoms with E-state index in [4.69, 9.17) is 5.73 Å². The summed E-state index contributed by atoms with van der Waals surface area (Å²) in [7, 11) is 0. The van der Waals surface area contributed by atoms with Crippen LogP contribution in [0.15, 0.2) is 24.5 Å². The second kappa shape index (κ2) is 4.06. The van der Waals surface area contributed by atoms with Crippen LogP contribution in [0, 0.1) is 0 Å². The Morgan fingerprint density at radius 3 is 3.00 bits per heavy atom. The quantitative estimate of drug-likeness (QED) is 0.814. The van der Waals surface area contributed by atoms with Crippen molar-refractivity contribution >= 4 is 16.9 Å². The molecule has 0 aliphatic carbocycles. The molecule has 0 bridgehead atoms. The first-order valence-electron chi connectivity index (χ1n) is 6.51. The van der Waals surface area contributed by atoms with Crippen LogP contribution in [0.3, 0.4) is 0 Å². The molecule has 5 heteroatoms. The largest absolute Gasteiger partial charge is 0.345 e. The fourth-order valence-corrected chi connectivity index (χ4v) is 2.70. The van der Waals surface area contributed by atoms with Crippen molar-refractivity contribution in [3.8, 4) is 0 Å². The smallest absolute Gasteiger partial charge is 0.254 e. The zero-order valence-corrected chi connectivity index (χ0v) is 11.2. The fraction of sp³-hybridized carbons (Fsp3) is 0.429. The summed E-state index contributed by atoms with van der Waals surface area (Å²) in [6, 6.07) is 5.57. The third kappa shape index (κ3) is 1.81. The summed E-state index contributed by atoms with van der Waals surface area (Å²) in [6.45, 7) is 4.77. The molecular weight excluding hydrogens is 240 g/mol. The number of fused-ring (bicyclic) bond motifs is 1. The van der Waals surface area contributed by atoms with Crippen LogP contribution in [-0.2, 0) is 0 Å². The summed E-state index contributed by atoms with van der Waals surface area (Å²) in [5.74, 6) is 0.0365. The lowest BCUT2D eigenvalue weighted by atomic mass is 9.96. The Hall–Kier alpha value is -1.88. The van der Waals surface area contributed by atoms with Gasteiger partial charge in [-0.25, -0.2) is 4.98 Å². The Kier molecular flexibility index (Phi) is 2.60. The van der Waals surface area contributed by atoms with Crippen LogP contribution in [0.4, 0.5) is 0 Å². The SMILES string of the molecule is CC1(C)C(N)CCN1C(=O)c1ccc2nc[nH]c2c1. The van der Waals surface area contributed by atoms with Crippen LogP contribution < -0.4 is 5.73 Å². The summed E-state index contributed by atoms with van der Waals surface area (Å²) in [5.41, 5.74) is 8.22. The highest BCUT2D eigenvalue weighted by Gasteiger charge is 2.41. The minimum Gasteiger partial charge on any atom is -0.345 e. The second-order valence-electron chi connectivity index (χ2n) is 5.64. The van der Waals surface area contributed by atoms with Crippen molar-refractivity contribution < 1.29 is 4.79 Å². The van der Waals surface area contributed by atoms with E-state index >= 15 is 0 Å². The molecule has 3 rings (SSSR count). The van der Waals surface area contributed by atoms with Crippen LogP contribution in [0.1, 0.15) is 30.6 Å². The fourth-order valence-electron chi connectivity index (χ4n) is 2.70. The molecule has 3 N–H and O–H groups in total. The first kappa shape index (κ1) is 12.2. The van der Waals surface area contributed by atoms with Gasteiger partial charge in [0, 0.05) is 18.2 Å². The minimum atomic E-state index is -0.292. The van der Waals surface area contributed by atoms with E-state index in [0.29, 0.717) is 12.1 Å². The first-order valence-corrected chi connectivity index (χ1v) is 6.51. The van der Waals surface area contributed by atoms with Gasteiger partial charge in [-0.2, -0.15) is 0 Å². The van der Waals surface area contributed by atoms with Crippen LogP contribution in [0.2, 0.25) is 0 Å². The molecule has 0 saturated carbocycles. The van der Waals surface area contributed by atoms with Crippen molar-refractivity contribution in [2.75, 3.05) is 6.54 Å². The highest BCUT2D eigenvalue weighted by atomic mass is 16.2. The lowest BCUT2D eigenvalue weighted by Gasteiger charge is -2.34. The number of aromatic amines is 1. The molecule has 1 fully saturated rings. The summed E-state index contributed by atoms with van der Waals surface area (Å²) in [5, 5.41) is 0. The number of aromatic nitrogens is 2. The lowest BCUT2D eigenvalue weighted by molar-refractivity contribution is 0.0637. The topological polar surface area (TPSA) is 75.0 Å². The molecule has 1 aromatic heterocycles. The number of carbonyl (C=O) groups is 1. The number of imidazole rings is 1. The number of amides is 1. The number of rotatable bonds is 1. The lowest BCUT2D eigenvalue weighted by Crippen LogP contribution is -2.51. The van der Waals surface area contributed by atoms with E-state index in [0.717, 1.165) is 17.5 Å². The Morgan fingerprint density at radius 1 is 1.53 bits per heavy atom. The summed E-state index contributed by atoms with van der Waals surface area (Å²) >= 11 is 0. The first-order chi connectivity index (χ1) is 9.00. The van der Waals surface area contributed by atoms with Gasteiger partial charge >= 0.3 is 0 Å².